The van der Waals surface area contributed by atoms with E-state index in [0.717, 1.165) is 6.42 Å². The molecule has 0 saturated carbocycles. The summed E-state index contributed by atoms with van der Waals surface area (Å²) in [5.74, 6) is 0. The first-order chi connectivity index (χ1) is 9.88. The van der Waals surface area contributed by atoms with Crippen LogP contribution in [0.4, 0.5) is 0 Å². The highest BCUT2D eigenvalue weighted by molar-refractivity contribution is 5.99. The lowest BCUT2D eigenvalue weighted by atomic mass is 9.79. The summed E-state index contributed by atoms with van der Waals surface area (Å²) in [6.07, 6.45) is 7.46. The van der Waals surface area contributed by atoms with Gasteiger partial charge in [-0.15, -0.1) is 0 Å². The molecule has 2 heteroatoms. The van der Waals surface area contributed by atoms with Gasteiger partial charge in [0.2, 0.25) is 0 Å². The second-order valence-corrected chi connectivity index (χ2v) is 5.35. The third-order valence-electron chi connectivity index (χ3n) is 3.89. The van der Waals surface area contributed by atoms with Crippen molar-refractivity contribution in [2.24, 2.45) is 0 Å². The summed E-state index contributed by atoms with van der Waals surface area (Å²) in [4.78, 5) is 0. The number of benzene rings is 2. The summed E-state index contributed by atoms with van der Waals surface area (Å²) in [7, 11) is 0.682. The maximum Gasteiger partial charge on any atom is 0.148 e. The number of allylic oxidation sites excluding steroid dienone is 3. The van der Waals surface area contributed by atoms with Crippen LogP contribution >= 0.6 is 0 Å². The third kappa shape index (κ3) is 2.07. The Morgan fingerprint density at radius 2 is 1.40 bits per heavy atom. The molecule has 0 atom stereocenters. The molecule has 0 heterocycles. The van der Waals surface area contributed by atoms with Crippen molar-refractivity contribution in [1.29, 1.82) is 0 Å². The maximum absolute atomic E-state index is 6.22. The van der Waals surface area contributed by atoms with Gasteiger partial charge in [-0.3, -0.25) is 0 Å². The predicted octanol–water partition coefficient (Wildman–Crippen LogP) is 3.11. The summed E-state index contributed by atoms with van der Waals surface area (Å²) in [6, 6.07) is 21.0. The van der Waals surface area contributed by atoms with Crippen LogP contribution in [0.15, 0.2) is 84.5 Å². The van der Waals surface area contributed by atoms with Gasteiger partial charge >= 0.3 is 0 Å². The molecule has 0 unspecified atom stereocenters. The number of hydrogen-bond donors (Lipinski definition) is 0. The highest BCUT2D eigenvalue weighted by Gasteiger charge is 2.37. The van der Waals surface area contributed by atoms with Gasteiger partial charge in [-0.05, 0) is 23.1 Å². The summed E-state index contributed by atoms with van der Waals surface area (Å²) in [6.45, 7) is 0. The van der Waals surface area contributed by atoms with E-state index in [2.05, 4.69) is 66.8 Å². The Kier molecular flexibility index (Phi) is 3.67. The summed E-state index contributed by atoms with van der Waals surface area (Å²) < 4.78 is 6.22. The van der Waals surface area contributed by atoms with Crippen LogP contribution in [0, 0.1) is 0 Å². The molecular formula is C18H18OSi. The summed E-state index contributed by atoms with van der Waals surface area (Å²) in [5.41, 5.74) is 3.29. The average molecular weight is 278 g/mol. The fourth-order valence-corrected chi connectivity index (χ4v) is 3.69. The molecule has 0 aromatic heterocycles. The van der Waals surface area contributed by atoms with E-state index in [1.807, 2.05) is 12.1 Å². The number of rotatable bonds is 4. The molecule has 0 aliphatic heterocycles. The van der Waals surface area contributed by atoms with E-state index < -0.39 is 5.60 Å². The first kappa shape index (κ1) is 13.1. The van der Waals surface area contributed by atoms with Crippen molar-refractivity contribution in [1.82, 2.24) is 0 Å². The van der Waals surface area contributed by atoms with E-state index in [4.69, 9.17) is 4.43 Å². The quantitative estimate of drug-likeness (QED) is 0.781. The number of hydrogen-bond acceptors (Lipinski definition) is 1. The molecule has 0 N–H and O–H groups in total. The minimum atomic E-state index is -0.432. The smallest absolute Gasteiger partial charge is 0.148 e. The van der Waals surface area contributed by atoms with E-state index in [9.17, 15) is 0 Å². The van der Waals surface area contributed by atoms with Crippen molar-refractivity contribution in [3.63, 3.8) is 0 Å². The molecule has 0 saturated heterocycles. The van der Waals surface area contributed by atoms with Gasteiger partial charge in [0, 0.05) is 0 Å². The maximum atomic E-state index is 6.22. The first-order valence-corrected chi connectivity index (χ1v) is 7.72. The Hall–Kier alpha value is -1.90. The Balaban J connectivity index is 2.21. The minimum absolute atomic E-state index is 0.432. The lowest BCUT2D eigenvalue weighted by Crippen LogP contribution is -2.32. The van der Waals surface area contributed by atoms with Crippen LogP contribution in [-0.2, 0) is 10.0 Å². The van der Waals surface area contributed by atoms with E-state index in [1.54, 1.807) is 0 Å². The molecule has 0 bridgehead atoms. The predicted molar refractivity (Wildman–Crippen MR) is 86.5 cm³/mol. The molecular weight excluding hydrogens is 260 g/mol. The van der Waals surface area contributed by atoms with Gasteiger partial charge in [-0.1, -0.05) is 78.9 Å². The molecule has 2 aromatic carbocycles. The summed E-state index contributed by atoms with van der Waals surface area (Å²) >= 11 is 0. The van der Waals surface area contributed by atoms with Gasteiger partial charge in [0.1, 0.15) is 16.1 Å². The van der Waals surface area contributed by atoms with Crippen molar-refractivity contribution >= 4 is 10.5 Å². The van der Waals surface area contributed by atoms with Crippen LogP contribution < -0.4 is 0 Å². The second kappa shape index (κ2) is 5.61. The Morgan fingerprint density at radius 1 is 0.850 bits per heavy atom. The van der Waals surface area contributed by atoms with E-state index in [1.165, 1.54) is 16.7 Å². The van der Waals surface area contributed by atoms with Crippen LogP contribution in [0.3, 0.4) is 0 Å². The van der Waals surface area contributed by atoms with Gasteiger partial charge in [-0.25, -0.2) is 0 Å². The second-order valence-electron chi connectivity index (χ2n) is 4.94. The molecule has 0 amide bonds. The molecule has 1 aliphatic rings. The highest BCUT2D eigenvalue weighted by Crippen LogP contribution is 2.42. The monoisotopic (exact) mass is 278 g/mol. The van der Waals surface area contributed by atoms with E-state index >= 15 is 0 Å². The van der Waals surface area contributed by atoms with Crippen molar-refractivity contribution in [3.05, 3.63) is 95.6 Å². The Bertz CT molecular complexity index is 589. The molecule has 0 fully saturated rings. The molecule has 2 aromatic rings. The van der Waals surface area contributed by atoms with Crippen molar-refractivity contribution < 1.29 is 4.43 Å². The molecule has 1 aliphatic carbocycles. The van der Waals surface area contributed by atoms with Crippen LogP contribution in [0.2, 0.25) is 0 Å². The van der Waals surface area contributed by atoms with Crippen LogP contribution in [-0.4, -0.2) is 10.5 Å². The molecule has 0 spiro atoms. The lowest BCUT2D eigenvalue weighted by molar-refractivity contribution is 0.166. The fraction of sp³-hybridized carbons (Fsp3) is 0.111. The third-order valence-corrected chi connectivity index (χ3v) is 4.50. The van der Waals surface area contributed by atoms with Gasteiger partial charge < -0.3 is 4.43 Å². The zero-order valence-electron chi connectivity index (χ0n) is 11.6. The van der Waals surface area contributed by atoms with Gasteiger partial charge in [0.25, 0.3) is 0 Å². The van der Waals surface area contributed by atoms with Crippen molar-refractivity contribution in [2.45, 2.75) is 12.0 Å². The molecule has 3 rings (SSSR count). The molecule has 100 valence electrons. The zero-order chi connectivity index (χ0) is 13.8. The fourth-order valence-electron chi connectivity index (χ4n) is 2.96. The largest absolute Gasteiger partial charge is 0.411 e. The molecule has 0 radical (unpaired) electrons. The van der Waals surface area contributed by atoms with Crippen LogP contribution in [0.25, 0.3) is 0 Å². The van der Waals surface area contributed by atoms with Crippen molar-refractivity contribution in [3.8, 4) is 0 Å². The average Bonchev–Trinajstić information content (AvgIpc) is 3.06. The van der Waals surface area contributed by atoms with Gasteiger partial charge in [-0.2, -0.15) is 0 Å². The van der Waals surface area contributed by atoms with Gasteiger partial charge in [0.15, 0.2) is 0 Å². The topological polar surface area (TPSA) is 9.23 Å². The van der Waals surface area contributed by atoms with Crippen LogP contribution in [0.1, 0.15) is 17.5 Å². The van der Waals surface area contributed by atoms with E-state index in [-0.39, 0.29) is 0 Å². The molecule has 20 heavy (non-hydrogen) atoms. The van der Waals surface area contributed by atoms with Crippen LogP contribution in [0.5, 0.6) is 0 Å². The Labute approximate surface area is 123 Å². The zero-order valence-corrected chi connectivity index (χ0v) is 13.6. The first-order valence-electron chi connectivity index (χ1n) is 6.90. The van der Waals surface area contributed by atoms with Crippen molar-refractivity contribution in [2.75, 3.05) is 0 Å². The lowest BCUT2D eigenvalue weighted by Gasteiger charge is -2.36. The summed E-state index contributed by atoms with van der Waals surface area (Å²) in [5, 5.41) is 0. The Morgan fingerprint density at radius 3 is 1.80 bits per heavy atom. The molecule has 1 nitrogen and oxygen atoms in total. The van der Waals surface area contributed by atoms with E-state index in [0.29, 0.717) is 10.5 Å². The SMILES string of the molecule is [SiH3]OC(C1=CC=CC1)(c1ccccc1)c1ccccc1. The standard InChI is InChI=1S/C18H18OSi/c20-19-18(17-13-7-8-14-17,15-9-3-1-4-10-15)16-11-5-2-6-12-16/h1-13H,14H2,20H3. The normalized spacial score (nSPS) is 14.5. The van der Waals surface area contributed by atoms with Gasteiger partial charge in [0.05, 0.1) is 0 Å². The minimum Gasteiger partial charge on any atom is -0.411 e. The highest BCUT2D eigenvalue weighted by atomic mass is 28.2.